The highest BCUT2D eigenvalue weighted by atomic mass is 16.3. The van der Waals surface area contributed by atoms with Gasteiger partial charge < -0.3 is 16.2 Å². The molecule has 0 aliphatic heterocycles. The van der Waals surface area contributed by atoms with Crippen LogP contribution in [0.25, 0.3) is 0 Å². The summed E-state index contributed by atoms with van der Waals surface area (Å²) in [6, 6.07) is -0.136. The van der Waals surface area contributed by atoms with Crippen LogP contribution in [0.4, 0.5) is 0 Å². The van der Waals surface area contributed by atoms with Crippen molar-refractivity contribution >= 4 is 5.91 Å². The molecule has 100 valence electrons. The van der Waals surface area contributed by atoms with Crippen molar-refractivity contribution in [1.29, 1.82) is 0 Å². The van der Waals surface area contributed by atoms with E-state index in [4.69, 9.17) is 5.73 Å². The number of carbonyl (C=O) groups is 1. The Labute approximate surface area is 104 Å². The second kappa shape index (κ2) is 6.97. The molecule has 17 heavy (non-hydrogen) atoms. The van der Waals surface area contributed by atoms with E-state index in [1.54, 1.807) is 0 Å². The Hall–Kier alpha value is -0.610. The summed E-state index contributed by atoms with van der Waals surface area (Å²) in [6.07, 6.45) is 4.28. The van der Waals surface area contributed by atoms with E-state index in [0.717, 1.165) is 19.3 Å². The van der Waals surface area contributed by atoms with Crippen molar-refractivity contribution in [2.45, 2.75) is 45.6 Å². The summed E-state index contributed by atoms with van der Waals surface area (Å²) in [6.45, 7) is 4.60. The first-order valence-corrected chi connectivity index (χ1v) is 6.71. The molecule has 4 nitrogen and oxygen atoms in total. The first-order valence-electron chi connectivity index (χ1n) is 6.71. The lowest BCUT2D eigenvalue weighted by atomic mass is 9.78. The van der Waals surface area contributed by atoms with Gasteiger partial charge in [-0.05, 0) is 31.2 Å². The van der Waals surface area contributed by atoms with E-state index in [9.17, 15) is 9.90 Å². The molecule has 1 aliphatic carbocycles. The second-order valence-corrected chi connectivity index (χ2v) is 5.43. The van der Waals surface area contributed by atoms with Gasteiger partial charge in [0.15, 0.2) is 0 Å². The fraction of sp³-hybridized carbons (Fsp3) is 0.923. The van der Waals surface area contributed by atoms with E-state index in [-0.39, 0.29) is 30.4 Å². The number of aliphatic hydroxyl groups is 1. The van der Waals surface area contributed by atoms with Gasteiger partial charge in [-0.25, -0.2) is 0 Å². The molecule has 0 bridgehead atoms. The average molecular weight is 242 g/mol. The molecule has 1 saturated carbocycles. The minimum Gasteiger partial charge on any atom is -0.394 e. The minimum atomic E-state index is -0.136. The van der Waals surface area contributed by atoms with Crippen molar-refractivity contribution in [3.8, 4) is 0 Å². The van der Waals surface area contributed by atoms with E-state index in [0.29, 0.717) is 12.5 Å². The first kappa shape index (κ1) is 14.5. The standard InChI is InChI=1S/C13H26N2O2/c1-9(2)12(8-16)15-13(17)11-6-4-3-5-10(11)7-14/h9-12,16H,3-8,14H2,1-2H3,(H,15,17). The van der Waals surface area contributed by atoms with Crippen LogP contribution in [0.3, 0.4) is 0 Å². The molecule has 0 heterocycles. The number of nitrogens with two attached hydrogens (primary N) is 1. The monoisotopic (exact) mass is 242 g/mol. The number of rotatable bonds is 5. The SMILES string of the molecule is CC(C)C(CO)NC(=O)C1CCCCC1CN. The summed E-state index contributed by atoms with van der Waals surface area (Å²) < 4.78 is 0. The lowest BCUT2D eigenvalue weighted by molar-refractivity contribution is -0.129. The fourth-order valence-corrected chi connectivity index (χ4v) is 2.55. The molecule has 4 N–H and O–H groups in total. The quantitative estimate of drug-likeness (QED) is 0.670. The molecular weight excluding hydrogens is 216 g/mol. The van der Waals surface area contributed by atoms with Crippen LogP contribution in [0.5, 0.6) is 0 Å². The molecule has 0 aromatic heterocycles. The van der Waals surface area contributed by atoms with Gasteiger partial charge in [0.1, 0.15) is 0 Å². The molecule has 0 spiro atoms. The molecule has 1 amide bonds. The van der Waals surface area contributed by atoms with Gasteiger partial charge in [0.05, 0.1) is 12.6 Å². The summed E-state index contributed by atoms with van der Waals surface area (Å²) in [4.78, 5) is 12.2. The molecule has 1 aliphatic rings. The number of hydrogen-bond donors (Lipinski definition) is 3. The van der Waals surface area contributed by atoms with Crippen LogP contribution in [-0.2, 0) is 4.79 Å². The van der Waals surface area contributed by atoms with Crippen LogP contribution in [0.15, 0.2) is 0 Å². The van der Waals surface area contributed by atoms with Crippen molar-refractivity contribution in [2.75, 3.05) is 13.2 Å². The van der Waals surface area contributed by atoms with Crippen LogP contribution in [0.1, 0.15) is 39.5 Å². The molecule has 3 unspecified atom stereocenters. The number of nitrogens with one attached hydrogen (secondary N) is 1. The van der Waals surface area contributed by atoms with Crippen molar-refractivity contribution in [2.24, 2.45) is 23.5 Å². The van der Waals surface area contributed by atoms with E-state index in [1.807, 2.05) is 13.8 Å². The van der Waals surface area contributed by atoms with Crippen molar-refractivity contribution < 1.29 is 9.90 Å². The van der Waals surface area contributed by atoms with Crippen LogP contribution in [-0.4, -0.2) is 30.2 Å². The smallest absolute Gasteiger partial charge is 0.223 e. The Morgan fingerprint density at radius 1 is 1.41 bits per heavy atom. The lowest BCUT2D eigenvalue weighted by Crippen LogP contribution is -2.47. The van der Waals surface area contributed by atoms with Crippen LogP contribution >= 0.6 is 0 Å². The van der Waals surface area contributed by atoms with Crippen LogP contribution in [0, 0.1) is 17.8 Å². The number of aliphatic hydroxyl groups excluding tert-OH is 1. The van der Waals surface area contributed by atoms with Crippen molar-refractivity contribution in [3.05, 3.63) is 0 Å². The van der Waals surface area contributed by atoms with Gasteiger partial charge in [-0.15, -0.1) is 0 Å². The van der Waals surface area contributed by atoms with Gasteiger partial charge in [-0.2, -0.15) is 0 Å². The Morgan fingerprint density at radius 2 is 2.06 bits per heavy atom. The van der Waals surface area contributed by atoms with Crippen molar-refractivity contribution in [1.82, 2.24) is 5.32 Å². The predicted octanol–water partition coefficient (Wildman–Crippen LogP) is 0.885. The Morgan fingerprint density at radius 3 is 2.59 bits per heavy atom. The van der Waals surface area contributed by atoms with Gasteiger partial charge in [0, 0.05) is 5.92 Å². The zero-order valence-corrected chi connectivity index (χ0v) is 11.0. The normalized spacial score (nSPS) is 26.9. The molecule has 3 atom stereocenters. The fourth-order valence-electron chi connectivity index (χ4n) is 2.55. The molecule has 0 radical (unpaired) electrons. The lowest BCUT2D eigenvalue weighted by Gasteiger charge is -2.31. The highest BCUT2D eigenvalue weighted by molar-refractivity contribution is 5.79. The third kappa shape index (κ3) is 3.96. The van der Waals surface area contributed by atoms with Crippen LogP contribution in [0.2, 0.25) is 0 Å². The van der Waals surface area contributed by atoms with E-state index in [1.165, 1.54) is 6.42 Å². The molecule has 1 fully saturated rings. The van der Waals surface area contributed by atoms with Gasteiger partial charge in [-0.1, -0.05) is 26.7 Å². The third-order valence-electron chi connectivity index (χ3n) is 3.88. The number of hydrogen-bond acceptors (Lipinski definition) is 3. The summed E-state index contributed by atoms with van der Waals surface area (Å²) in [5, 5.41) is 12.2. The zero-order chi connectivity index (χ0) is 12.8. The van der Waals surface area contributed by atoms with Gasteiger partial charge in [0.2, 0.25) is 5.91 Å². The van der Waals surface area contributed by atoms with Gasteiger partial charge in [-0.3, -0.25) is 4.79 Å². The largest absolute Gasteiger partial charge is 0.394 e. The molecule has 0 aromatic rings. The highest BCUT2D eigenvalue weighted by Gasteiger charge is 2.31. The highest BCUT2D eigenvalue weighted by Crippen LogP contribution is 2.29. The summed E-state index contributed by atoms with van der Waals surface area (Å²) >= 11 is 0. The maximum absolute atomic E-state index is 12.2. The van der Waals surface area contributed by atoms with Crippen molar-refractivity contribution in [3.63, 3.8) is 0 Å². The number of amides is 1. The minimum absolute atomic E-state index is 0.00339. The number of carbonyl (C=O) groups excluding carboxylic acids is 1. The summed E-state index contributed by atoms with van der Waals surface area (Å²) in [5.41, 5.74) is 5.73. The Bertz CT molecular complexity index is 244. The maximum Gasteiger partial charge on any atom is 0.223 e. The van der Waals surface area contributed by atoms with E-state index in [2.05, 4.69) is 5.32 Å². The summed E-state index contributed by atoms with van der Waals surface area (Å²) in [5.74, 6) is 0.688. The average Bonchev–Trinajstić information content (AvgIpc) is 2.35. The molecule has 1 rings (SSSR count). The molecular formula is C13H26N2O2. The first-order chi connectivity index (χ1) is 8.10. The molecule has 4 heteroatoms. The zero-order valence-electron chi connectivity index (χ0n) is 11.0. The molecule has 0 saturated heterocycles. The third-order valence-corrected chi connectivity index (χ3v) is 3.88. The Balaban J connectivity index is 2.55. The van der Waals surface area contributed by atoms with Crippen LogP contribution < -0.4 is 11.1 Å². The van der Waals surface area contributed by atoms with E-state index >= 15 is 0 Å². The Kier molecular flexibility index (Phi) is 5.92. The topological polar surface area (TPSA) is 75.3 Å². The summed E-state index contributed by atoms with van der Waals surface area (Å²) in [7, 11) is 0. The second-order valence-electron chi connectivity index (χ2n) is 5.43. The van der Waals surface area contributed by atoms with E-state index < -0.39 is 0 Å². The van der Waals surface area contributed by atoms with Gasteiger partial charge in [0.25, 0.3) is 0 Å². The molecule has 0 aromatic carbocycles. The predicted molar refractivity (Wildman–Crippen MR) is 68.4 cm³/mol. The maximum atomic E-state index is 12.2. The van der Waals surface area contributed by atoms with Gasteiger partial charge >= 0.3 is 0 Å².